The van der Waals surface area contributed by atoms with Crippen LogP contribution in [0.4, 0.5) is 11.4 Å². The first kappa shape index (κ1) is 19.8. The minimum absolute atomic E-state index is 0.0976. The molecule has 0 aromatic heterocycles. The van der Waals surface area contributed by atoms with Crippen molar-refractivity contribution < 1.29 is 14.3 Å². The molecule has 2 rings (SSSR count). The van der Waals surface area contributed by atoms with Crippen LogP contribution in [0.15, 0.2) is 41.3 Å². The second-order valence-corrected chi connectivity index (χ2v) is 7.16. The third-order valence-electron chi connectivity index (χ3n) is 3.87. The van der Waals surface area contributed by atoms with Gasteiger partial charge in [0.15, 0.2) is 0 Å². The smallest absolute Gasteiger partial charge is 0.225 e. The summed E-state index contributed by atoms with van der Waals surface area (Å²) in [6.07, 6.45) is 0.380. The van der Waals surface area contributed by atoms with Crippen molar-refractivity contribution in [2.75, 3.05) is 23.5 Å². The molecule has 0 heterocycles. The molecular weight excluding hydrogens is 348 g/mol. The molecular formula is C20H24N2O3S. The third-order valence-corrected chi connectivity index (χ3v) is 4.87. The number of carbonyl (C=O) groups is 2. The van der Waals surface area contributed by atoms with Crippen molar-refractivity contribution in [2.24, 2.45) is 0 Å². The Labute approximate surface area is 158 Å². The molecule has 0 saturated carbocycles. The highest BCUT2D eigenvalue weighted by Crippen LogP contribution is 2.28. The summed E-state index contributed by atoms with van der Waals surface area (Å²) in [5.74, 6) is 0.966. The van der Waals surface area contributed by atoms with Crippen LogP contribution < -0.4 is 15.4 Å². The zero-order valence-electron chi connectivity index (χ0n) is 15.5. The summed E-state index contributed by atoms with van der Waals surface area (Å²) >= 11 is 1.65. The Bertz CT molecular complexity index is 806. The van der Waals surface area contributed by atoms with Crippen LogP contribution in [0.5, 0.6) is 5.75 Å². The van der Waals surface area contributed by atoms with Crippen molar-refractivity contribution in [3.8, 4) is 5.75 Å². The molecule has 0 atom stereocenters. The molecule has 138 valence electrons. The molecule has 2 amide bonds. The quantitative estimate of drug-likeness (QED) is 0.707. The molecule has 0 radical (unpaired) electrons. The second kappa shape index (κ2) is 9.29. The monoisotopic (exact) mass is 372 g/mol. The fourth-order valence-corrected chi connectivity index (χ4v) is 3.31. The number of aryl methyl sites for hydroxylation is 2. The Morgan fingerprint density at radius 3 is 2.46 bits per heavy atom. The largest absolute Gasteiger partial charge is 0.495 e. The fourth-order valence-electron chi connectivity index (χ4n) is 2.36. The summed E-state index contributed by atoms with van der Waals surface area (Å²) < 4.78 is 5.27. The van der Waals surface area contributed by atoms with Crippen molar-refractivity contribution in [1.29, 1.82) is 0 Å². The van der Waals surface area contributed by atoms with E-state index in [0.29, 0.717) is 29.3 Å². The zero-order valence-corrected chi connectivity index (χ0v) is 16.3. The first-order valence-corrected chi connectivity index (χ1v) is 9.33. The number of nitrogens with one attached hydrogen (secondary N) is 2. The molecule has 0 aliphatic heterocycles. The topological polar surface area (TPSA) is 67.4 Å². The summed E-state index contributed by atoms with van der Waals surface area (Å²) in [4.78, 5) is 24.6. The second-order valence-electron chi connectivity index (χ2n) is 5.99. The van der Waals surface area contributed by atoms with Crippen LogP contribution in [0.3, 0.4) is 0 Å². The van der Waals surface area contributed by atoms with E-state index in [0.717, 1.165) is 4.90 Å². The van der Waals surface area contributed by atoms with E-state index in [4.69, 9.17) is 4.74 Å². The number of anilines is 2. The first-order valence-electron chi connectivity index (χ1n) is 8.34. The number of methoxy groups -OCH3 is 1. The van der Waals surface area contributed by atoms with E-state index in [-0.39, 0.29) is 11.8 Å². The van der Waals surface area contributed by atoms with E-state index in [1.54, 1.807) is 37.1 Å². The van der Waals surface area contributed by atoms with Gasteiger partial charge in [-0.1, -0.05) is 6.07 Å². The highest BCUT2D eigenvalue weighted by Gasteiger charge is 2.10. The molecule has 5 nitrogen and oxygen atoms in total. The van der Waals surface area contributed by atoms with Gasteiger partial charge in [-0.15, -0.1) is 11.8 Å². The van der Waals surface area contributed by atoms with Crippen molar-refractivity contribution >= 4 is 35.0 Å². The summed E-state index contributed by atoms with van der Waals surface area (Å²) in [5, 5.41) is 5.55. The number of carbonyl (C=O) groups excluding carboxylic acids is 2. The number of hydrogen-bond donors (Lipinski definition) is 2. The molecule has 0 saturated heterocycles. The molecule has 0 aliphatic carbocycles. The lowest BCUT2D eigenvalue weighted by atomic mass is 10.1. The van der Waals surface area contributed by atoms with Gasteiger partial charge in [0.1, 0.15) is 5.75 Å². The Balaban J connectivity index is 1.93. The average Bonchev–Trinajstić information content (AvgIpc) is 2.58. The maximum Gasteiger partial charge on any atom is 0.225 e. The minimum Gasteiger partial charge on any atom is -0.495 e. The van der Waals surface area contributed by atoms with E-state index >= 15 is 0 Å². The van der Waals surface area contributed by atoms with Crippen LogP contribution in [0.2, 0.25) is 0 Å². The minimum atomic E-state index is -0.169. The molecule has 2 N–H and O–H groups in total. The molecule has 2 aromatic carbocycles. The van der Waals surface area contributed by atoms with Gasteiger partial charge < -0.3 is 15.4 Å². The maximum absolute atomic E-state index is 12.3. The van der Waals surface area contributed by atoms with Gasteiger partial charge in [0.05, 0.1) is 12.8 Å². The van der Waals surface area contributed by atoms with Crippen molar-refractivity contribution in [1.82, 2.24) is 0 Å². The fraction of sp³-hybridized carbons (Fsp3) is 0.300. The number of thioether (sulfide) groups is 1. The van der Waals surface area contributed by atoms with Gasteiger partial charge in [0.25, 0.3) is 0 Å². The first-order chi connectivity index (χ1) is 12.4. The summed E-state index contributed by atoms with van der Waals surface area (Å²) in [5.41, 5.74) is 3.66. The van der Waals surface area contributed by atoms with Gasteiger partial charge >= 0.3 is 0 Å². The predicted molar refractivity (Wildman–Crippen MR) is 107 cm³/mol. The molecule has 0 unspecified atom stereocenters. The van der Waals surface area contributed by atoms with Crippen LogP contribution in [0.25, 0.3) is 0 Å². The summed E-state index contributed by atoms with van der Waals surface area (Å²) in [6, 6.07) is 11.4. The van der Waals surface area contributed by atoms with Crippen LogP contribution in [-0.4, -0.2) is 24.7 Å². The van der Waals surface area contributed by atoms with Gasteiger partial charge in [-0.2, -0.15) is 0 Å². The van der Waals surface area contributed by atoms with Crippen LogP contribution >= 0.6 is 11.8 Å². The van der Waals surface area contributed by atoms with Crippen LogP contribution in [0.1, 0.15) is 24.5 Å². The predicted octanol–water partition coefficient (Wildman–Crippen LogP) is 4.39. The van der Waals surface area contributed by atoms with E-state index in [9.17, 15) is 9.59 Å². The Morgan fingerprint density at radius 2 is 1.81 bits per heavy atom. The third kappa shape index (κ3) is 5.81. The number of ether oxygens (including phenoxy) is 1. The standard InChI is InChI=1S/C20H24N2O3S/c1-13-5-7-17(11-14(13)2)26-10-9-20(24)22-18-12-16(21-15(3)23)6-8-19(18)25-4/h5-8,11-12H,9-10H2,1-4H3,(H,21,23)(H,22,24). The van der Waals surface area contributed by atoms with Crippen molar-refractivity contribution in [2.45, 2.75) is 32.1 Å². The molecule has 0 spiro atoms. The number of hydrogen-bond acceptors (Lipinski definition) is 4. The van der Waals surface area contributed by atoms with Gasteiger partial charge in [0, 0.05) is 29.7 Å². The lowest BCUT2D eigenvalue weighted by Crippen LogP contribution is -2.13. The van der Waals surface area contributed by atoms with Crippen molar-refractivity contribution in [3.63, 3.8) is 0 Å². The summed E-state index contributed by atoms with van der Waals surface area (Å²) in [7, 11) is 1.54. The van der Waals surface area contributed by atoms with E-state index < -0.39 is 0 Å². The van der Waals surface area contributed by atoms with E-state index in [1.165, 1.54) is 18.1 Å². The molecule has 0 fully saturated rings. The van der Waals surface area contributed by atoms with Crippen LogP contribution in [-0.2, 0) is 9.59 Å². The lowest BCUT2D eigenvalue weighted by Gasteiger charge is -2.12. The highest BCUT2D eigenvalue weighted by atomic mass is 32.2. The van der Waals surface area contributed by atoms with Crippen LogP contribution in [0, 0.1) is 13.8 Å². The normalized spacial score (nSPS) is 10.3. The SMILES string of the molecule is COc1ccc(NC(C)=O)cc1NC(=O)CCSc1ccc(C)c(C)c1. The average molecular weight is 372 g/mol. The maximum atomic E-state index is 12.3. The Kier molecular flexibility index (Phi) is 7.09. The highest BCUT2D eigenvalue weighted by molar-refractivity contribution is 7.99. The van der Waals surface area contributed by atoms with Crippen molar-refractivity contribution in [3.05, 3.63) is 47.5 Å². The number of benzene rings is 2. The zero-order chi connectivity index (χ0) is 19.1. The molecule has 0 aliphatic rings. The number of amides is 2. The number of rotatable bonds is 7. The molecule has 2 aromatic rings. The van der Waals surface area contributed by atoms with Gasteiger partial charge in [-0.05, 0) is 55.3 Å². The summed E-state index contributed by atoms with van der Waals surface area (Å²) in [6.45, 7) is 5.60. The molecule has 0 bridgehead atoms. The van der Waals surface area contributed by atoms with E-state index in [1.807, 2.05) is 0 Å². The van der Waals surface area contributed by atoms with Gasteiger partial charge in [-0.3, -0.25) is 9.59 Å². The Hall–Kier alpha value is -2.47. The van der Waals surface area contributed by atoms with Gasteiger partial charge in [-0.25, -0.2) is 0 Å². The molecule has 26 heavy (non-hydrogen) atoms. The lowest BCUT2D eigenvalue weighted by molar-refractivity contribution is -0.116. The Morgan fingerprint density at radius 1 is 1.04 bits per heavy atom. The van der Waals surface area contributed by atoms with E-state index in [2.05, 4.69) is 42.7 Å². The van der Waals surface area contributed by atoms with Gasteiger partial charge in [0.2, 0.25) is 11.8 Å². The molecule has 6 heteroatoms.